The minimum atomic E-state index is -0.0935. The first-order valence-electron chi connectivity index (χ1n) is 6.13. The Bertz CT molecular complexity index is 823. The predicted molar refractivity (Wildman–Crippen MR) is 79.8 cm³/mol. The summed E-state index contributed by atoms with van der Waals surface area (Å²) in [6.45, 7) is 0.576. The summed E-state index contributed by atoms with van der Waals surface area (Å²) < 4.78 is 0. The molecule has 0 aliphatic rings. The van der Waals surface area contributed by atoms with E-state index in [0.717, 1.165) is 28.1 Å². The van der Waals surface area contributed by atoms with E-state index < -0.39 is 0 Å². The third-order valence-corrected chi connectivity index (χ3v) is 3.57. The summed E-state index contributed by atoms with van der Waals surface area (Å²) in [5.74, 6) is 0. The molecule has 19 heavy (non-hydrogen) atoms. The summed E-state index contributed by atoms with van der Waals surface area (Å²) in [6, 6.07) is 9.57. The van der Waals surface area contributed by atoms with E-state index in [-0.39, 0.29) is 5.56 Å². The van der Waals surface area contributed by atoms with E-state index in [1.54, 1.807) is 6.20 Å². The molecule has 0 bridgehead atoms. The molecule has 0 radical (unpaired) electrons. The first-order chi connectivity index (χ1) is 9.20. The van der Waals surface area contributed by atoms with Crippen LogP contribution in [0.5, 0.6) is 0 Å². The molecule has 0 unspecified atom stereocenters. The largest absolute Gasteiger partial charge is 0.330 e. The van der Waals surface area contributed by atoms with Crippen molar-refractivity contribution in [3.63, 3.8) is 0 Å². The monoisotopic (exact) mass is 272 g/mol. The molecular formula is C15H13ClN2O. The van der Waals surface area contributed by atoms with Gasteiger partial charge in [0.15, 0.2) is 0 Å². The number of H-pyrrole nitrogens is 1. The Morgan fingerprint density at radius 3 is 2.79 bits per heavy atom. The number of nitrogens with one attached hydrogen (secondary N) is 1. The van der Waals surface area contributed by atoms with Gasteiger partial charge in [0.1, 0.15) is 0 Å². The first kappa shape index (κ1) is 12.2. The Labute approximate surface area is 115 Å². The molecule has 4 heteroatoms. The molecule has 0 fully saturated rings. The van der Waals surface area contributed by atoms with Gasteiger partial charge in [-0.2, -0.15) is 0 Å². The number of hydrogen-bond acceptors (Lipinski definition) is 2. The minimum Gasteiger partial charge on any atom is -0.330 e. The van der Waals surface area contributed by atoms with Crippen molar-refractivity contribution in [2.24, 2.45) is 5.73 Å². The van der Waals surface area contributed by atoms with Crippen molar-refractivity contribution in [3.05, 3.63) is 57.5 Å². The average Bonchev–Trinajstić information content (AvgIpc) is 2.38. The molecule has 2 aromatic carbocycles. The lowest BCUT2D eigenvalue weighted by atomic mass is 9.97. The topological polar surface area (TPSA) is 58.9 Å². The summed E-state index contributed by atoms with van der Waals surface area (Å²) in [7, 11) is 0. The van der Waals surface area contributed by atoms with Gasteiger partial charge in [-0.05, 0) is 52.9 Å². The van der Waals surface area contributed by atoms with Gasteiger partial charge in [-0.3, -0.25) is 4.79 Å². The Morgan fingerprint density at radius 1 is 1.16 bits per heavy atom. The number of rotatable bonds is 2. The summed E-state index contributed by atoms with van der Waals surface area (Å²) in [5, 5.41) is 4.15. The molecule has 3 nitrogen and oxygen atoms in total. The molecule has 0 spiro atoms. The zero-order valence-electron chi connectivity index (χ0n) is 10.2. The van der Waals surface area contributed by atoms with Crippen LogP contribution in [0.2, 0.25) is 5.02 Å². The highest BCUT2D eigenvalue weighted by Gasteiger charge is 2.09. The maximum absolute atomic E-state index is 12.0. The molecule has 0 saturated carbocycles. The lowest BCUT2D eigenvalue weighted by Gasteiger charge is -2.09. The third-order valence-electron chi connectivity index (χ3n) is 3.33. The molecule has 1 heterocycles. The summed E-state index contributed by atoms with van der Waals surface area (Å²) in [4.78, 5) is 14.8. The van der Waals surface area contributed by atoms with Crippen LogP contribution < -0.4 is 11.3 Å². The van der Waals surface area contributed by atoms with Crippen LogP contribution in [0.3, 0.4) is 0 Å². The Kier molecular flexibility index (Phi) is 3.01. The zero-order chi connectivity index (χ0) is 13.4. The van der Waals surface area contributed by atoms with Crippen LogP contribution in [0, 0.1) is 0 Å². The SMILES string of the molecule is NCCc1cc2cc[nH]c(=O)c2c2cc(Cl)ccc12. The van der Waals surface area contributed by atoms with Crippen molar-refractivity contribution in [1.29, 1.82) is 0 Å². The van der Waals surface area contributed by atoms with Crippen molar-refractivity contribution in [2.45, 2.75) is 6.42 Å². The fourth-order valence-electron chi connectivity index (χ4n) is 2.52. The number of nitrogens with two attached hydrogens (primary N) is 1. The van der Waals surface area contributed by atoms with Gasteiger partial charge in [-0.25, -0.2) is 0 Å². The highest BCUT2D eigenvalue weighted by atomic mass is 35.5. The molecule has 0 aliphatic heterocycles. The fraction of sp³-hybridized carbons (Fsp3) is 0.133. The smallest absolute Gasteiger partial charge is 0.256 e. The third kappa shape index (κ3) is 2.01. The van der Waals surface area contributed by atoms with Gasteiger partial charge < -0.3 is 10.7 Å². The minimum absolute atomic E-state index is 0.0935. The van der Waals surface area contributed by atoms with E-state index >= 15 is 0 Å². The van der Waals surface area contributed by atoms with Crippen LogP contribution in [0.4, 0.5) is 0 Å². The number of benzene rings is 2. The molecule has 0 aliphatic carbocycles. The van der Waals surface area contributed by atoms with Crippen molar-refractivity contribution >= 4 is 33.1 Å². The summed E-state index contributed by atoms with van der Waals surface area (Å²) >= 11 is 6.06. The summed E-state index contributed by atoms with van der Waals surface area (Å²) in [5.41, 5.74) is 6.71. The highest BCUT2D eigenvalue weighted by molar-refractivity contribution is 6.31. The lowest BCUT2D eigenvalue weighted by Crippen LogP contribution is -2.07. The Hall–Kier alpha value is -1.84. The molecule has 0 atom stereocenters. The van der Waals surface area contributed by atoms with E-state index in [0.29, 0.717) is 17.0 Å². The van der Waals surface area contributed by atoms with Crippen LogP contribution in [0.15, 0.2) is 41.3 Å². The molecule has 1 aromatic heterocycles. The van der Waals surface area contributed by atoms with Gasteiger partial charge in [0.25, 0.3) is 5.56 Å². The second-order valence-corrected chi connectivity index (χ2v) is 4.97. The number of aromatic nitrogens is 1. The van der Waals surface area contributed by atoms with Crippen LogP contribution in [0.1, 0.15) is 5.56 Å². The van der Waals surface area contributed by atoms with Crippen molar-refractivity contribution < 1.29 is 0 Å². The number of aromatic amines is 1. The normalized spacial score (nSPS) is 11.3. The van der Waals surface area contributed by atoms with Gasteiger partial charge in [-0.1, -0.05) is 23.7 Å². The van der Waals surface area contributed by atoms with E-state index in [1.807, 2.05) is 30.3 Å². The Morgan fingerprint density at radius 2 is 2.00 bits per heavy atom. The maximum Gasteiger partial charge on any atom is 0.256 e. The quantitative estimate of drug-likeness (QED) is 0.705. The van der Waals surface area contributed by atoms with Gasteiger partial charge in [0.05, 0.1) is 5.39 Å². The van der Waals surface area contributed by atoms with Crippen LogP contribution in [-0.4, -0.2) is 11.5 Å². The molecule has 96 valence electrons. The van der Waals surface area contributed by atoms with E-state index in [4.69, 9.17) is 17.3 Å². The van der Waals surface area contributed by atoms with E-state index in [1.165, 1.54) is 0 Å². The maximum atomic E-state index is 12.0. The first-order valence-corrected chi connectivity index (χ1v) is 6.51. The van der Waals surface area contributed by atoms with Crippen molar-refractivity contribution in [2.75, 3.05) is 6.54 Å². The van der Waals surface area contributed by atoms with E-state index in [2.05, 4.69) is 4.98 Å². The van der Waals surface area contributed by atoms with Crippen LogP contribution in [-0.2, 0) is 6.42 Å². The standard InChI is InChI=1S/C15H13ClN2O/c16-11-1-2-12-9(3-5-17)7-10-4-6-18-15(19)14(10)13(12)8-11/h1-2,4,6-8H,3,5,17H2,(H,18,19). The average molecular weight is 273 g/mol. The highest BCUT2D eigenvalue weighted by Crippen LogP contribution is 2.29. The molecule has 0 saturated heterocycles. The zero-order valence-corrected chi connectivity index (χ0v) is 11.0. The number of halogens is 1. The van der Waals surface area contributed by atoms with Crippen LogP contribution >= 0.6 is 11.6 Å². The summed E-state index contributed by atoms with van der Waals surface area (Å²) in [6.07, 6.45) is 2.44. The van der Waals surface area contributed by atoms with Gasteiger partial charge in [-0.15, -0.1) is 0 Å². The second kappa shape index (κ2) is 4.68. The van der Waals surface area contributed by atoms with Gasteiger partial charge in [0, 0.05) is 11.2 Å². The Balaban J connectivity index is 2.55. The molecule has 3 N–H and O–H groups in total. The number of pyridine rings is 1. The predicted octanol–water partition coefficient (Wildman–Crippen LogP) is 2.84. The molecule has 3 aromatic rings. The van der Waals surface area contributed by atoms with Gasteiger partial charge in [0.2, 0.25) is 0 Å². The lowest BCUT2D eigenvalue weighted by molar-refractivity contribution is 0.979. The molecule has 0 amide bonds. The second-order valence-electron chi connectivity index (χ2n) is 4.54. The van der Waals surface area contributed by atoms with E-state index in [9.17, 15) is 4.79 Å². The fourth-order valence-corrected chi connectivity index (χ4v) is 2.70. The molecular weight excluding hydrogens is 260 g/mol. The molecule has 3 rings (SSSR count). The van der Waals surface area contributed by atoms with Crippen molar-refractivity contribution in [3.8, 4) is 0 Å². The number of fused-ring (bicyclic) bond motifs is 3. The van der Waals surface area contributed by atoms with Gasteiger partial charge >= 0.3 is 0 Å². The van der Waals surface area contributed by atoms with Crippen molar-refractivity contribution in [1.82, 2.24) is 4.98 Å². The number of hydrogen-bond donors (Lipinski definition) is 2. The van der Waals surface area contributed by atoms with Crippen LogP contribution in [0.25, 0.3) is 21.5 Å².